The molecule has 0 saturated heterocycles. The summed E-state index contributed by atoms with van der Waals surface area (Å²) < 4.78 is 6.60. The third-order valence-electron chi connectivity index (χ3n) is 1.81. The molecule has 1 aromatic carbocycles. The number of unbranched alkanes of at least 4 members (excludes halogenated alkanes) is 1. The number of hydrogen-bond donors (Lipinski definition) is 1. The largest absolute Gasteiger partial charge is 0.494 e. The van der Waals surface area contributed by atoms with Crippen molar-refractivity contribution in [3.63, 3.8) is 0 Å². The smallest absolute Gasteiger partial charge is 0.120 e. The second-order valence-corrected chi connectivity index (χ2v) is 4.30. The van der Waals surface area contributed by atoms with Gasteiger partial charge in [-0.1, -0.05) is 13.3 Å². The van der Waals surface area contributed by atoms with Crippen molar-refractivity contribution >= 4 is 22.6 Å². The zero-order valence-corrected chi connectivity index (χ0v) is 10.3. The summed E-state index contributed by atoms with van der Waals surface area (Å²) in [6.07, 6.45) is 2.19. The zero-order valence-electron chi connectivity index (χ0n) is 8.16. The molecule has 0 aliphatic carbocycles. The highest BCUT2D eigenvalue weighted by atomic mass is 127. The Morgan fingerprint density at radius 3 is 2.86 bits per heavy atom. The van der Waals surface area contributed by atoms with E-state index in [4.69, 9.17) is 9.84 Å². The van der Waals surface area contributed by atoms with Crippen LogP contribution in [0.1, 0.15) is 25.3 Å². The lowest BCUT2D eigenvalue weighted by Gasteiger charge is -2.07. The van der Waals surface area contributed by atoms with E-state index in [1.807, 2.05) is 18.2 Å². The standard InChI is InChI=1S/C11H14IO2/c1-2-3-4-14-11-6-9(8-13)5-10(12)7-11/h5-8,13H,2-4H2,1H3. The summed E-state index contributed by atoms with van der Waals surface area (Å²) in [4.78, 5) is 0. The summed E-state index contributed by atoms with van der Waals surface area (Å²) in [6.45, 7) is 3.96. The van der Waals surface area contributed by atoms with Crippen molar-refractivity contribution in [2.45, 2.75) is 19.8 Å². The fourth-order valence-electron chi connectivity index (χ4n) is 1.08. The Kier molecular flexibility index (Phi) is 5.25. The quantitative estimate of drug-likeness (QED) is 0.668. The van der Waals surface area contributed by atoms with Gasteiger partial charge < -0.3 is 9.84 Å². The van der Waals surface area contributed by atoms with Crippen molar-refractivity contribution in [2.75, 3.05) is 6.61 Å². The minimum atomic E-state index is 0.738. The summed E-state index contributed by atoms with van der Waals surface area (Å²) in [5.74, 6) is 0.825. The molecule has 3 heteroatoms. The Hall–Kier alpha value is -0.290. The molecule has 0 aliphatic rings. The van der Waals surface area contributed by atoms with Crippen molar-refractivity contribution in [1.82, 2.24) is 0 Å². The highest BCUT2D eigenvalue weighted by Crippen LogP contribution is 2.19. The molecule has 1 aromatic rings. The van der Waals surface area contributed by atoms with Crippen molar-refractivity contribution < 1.29 is 9.84 Å². The minimum Gasteiger partial charge on any atom is -0.494 e. The van der Waals surface area contributed by atoms with E-state index in [0.717, 1.165) is 40.9 Å². The molecule has 0 spiro atoms. The normalized spacial score (nSPS) is 10.2. The number of aliphatic hydroxyl groups is 1. The number of rotatable bonds is 5. The van der Waals surface area contributed by atoms with Crippen LogP contribution in [0.4, 0.5) is 0 Å². The summed E-state index contributed by atoms with van der Waals surface area (Å²) in [6, 6.07) is 5.69. The van der Waals surface area contributed by atoms with Crippen LogP contribution in [0.15, 0.2) is 18.2 Å². The number of benzene rings is 1. The van der Waals surface area contributed by atoms with Crippen LogP contribution in [0.2, 0.25) is 0 Å². The van der Waals surface area contributed by atoms with Crippen LogP contribution in [-0.2, 0) is 0 Å². The van der Waals surface area contributed by atoms with Crippen LogP contribution in [0.25, 0.3) is 0 Å². The van der Waals surface area contributed by atoms with Gasteiger partial charge in [-0.05, 0) is 52.8 Å². The lowest BCUT2D eigenvalue weighted by atomic mass is 10.2. The van der Waals surface area contributed by atoms with E-state index in [-0.39, 0.29) is 0 Å². The summed E-state index contributed by atoms with van der Waals surface area (Å²) in [5.41, 5.74) is 0.781. The van der Waals surface area contributed by atoms with Gasteiger partial charge in [-0.25, -0.2) is 0 Å². The van der Waals surface area contributed by atoms with E-state index < -0.39 is 0 Å². The van der Waals surface area contributed by atoms with E-state index in [2.05, 4.69) is 29.5 Å². The highest BCUT2D eigenvalue weighted by Gasteiger charge is 1.99. The van der Waals surface area contributed by atoms with E-state index in [0.29, 0.717) is 0 Å². The average Bonchev–Trinajstić information content (AvgIpc) is 2.17. The Morgan fingerprint density at radius 1 is 1.43 bits per heavy atom. The molecule has 0 heterocycles. The van der Waals surface area contributed by atoms with E-state index in [9.17, 15) is 0 Å². The molecule has 1 N–H and O–H groups in total. The summed E-state index contributed by atoms with van der Waals surface area (Å²) in [7, 11) is 0. The topological polar surface area (TPSA) is 29.5 Å². The molecule has 14 heavy (non-hydrogen) atoms. The maximum atomic E-state index is 8.87. The molecule has 77 valence electrons. The zero-order chi connectivity index (χ0) is 10.4. The molecule has 0 amide bonds. The maximum Gasteiger partial charge on any atom is 0.120 e. The van der Waals surface area contributed by atoms with Gasteiger partial charge >= 0.3 is 0 Å². The second kappa shape index (κ2) is 6.24. The minimum absolute atomic E-state index is 0.738. The van der Waals surface area contributed by atoms with Gasteiger partial charge in [0.15, 0.2) is 0 Å². The first-order chi connectivity index (χ1) is 6.76. The van der Waals surface area contributed by atoms with Gasteiger partial charge in [0.25, 0.3) is 0 Å². The first-order valence-corrected chi connectivity index (χ1v) is 5.75. The summed E-state index contributed by atoms with van der Waals surface area (Å²) in [5, 5.41) is 8.87. The van der Waals surface area contributed by atoms with E-state index in [1.165, 1.54) is 0 Å². The Balaban J connectivity index is 2.62. The third kappa shape index (κ3) is 3.84. The van der Waals surface area contributed by atoms with Crippen LogP contribution < -0.4 is 4.74 Å². The average molecular weight is 305 g/mol. The predicted octanol–water partition coefficient (Wildman–Crippen LogP) is 3.35. The van der Waals surface area contributed by atoms with Crippen LogP contribution in [0.5, 0.6) is 5.75 Å². The monoisotopic (exact) mass is 305 g/mol. The Bertz CT molecular complexity index is 287. The van der Waals surface area contributed by atoms with Crippen molar-refractivity contribution in [2.24, 2.45) is 0 Å². The van der Waals surface area contributed by atoms with E-state index in [1.54, 1.807) is 0 Å². The molecular weight excluding hydrogens is 291 g/mol. The molecule has 0 fully saturated rings. The first-order valence-electron chi connectivity index (χ1n) is 4.67. The van der Waals surface area contributed by atoms with Crippen molar-refractivity contribution in [1.29, 1.82) is 0 Å². The fourth-order valence-corrected chi connectivity index (χ4v) is 1.74. The SMILES string of the molecule is CCCCOc1cc(I)cc([CH]O)c1. The molecule has 0 unspecified atom stereocenters. The Labute approximate surface area is 98.4 Å². The van der Waals surface area contributed by atoms with Crippen molar-refractivity contribution in [3.05, 3.63) is 33.9 Å². The first kappa shape index (κ1) is 11.8. The van der Waals surface area contributed by atoms with Crippen molar-refractivity contribution in [3.8, 4) is 5.75 Å². The molecule has 0 atom stereocenters. The molecule has 2 nitrogen and oxygen atoms in total. The van der Waals surface area contributed by atoms with Gasteiger partial charge in [0, 0.05) is 3.57 Å². The van der Waals surface area contributed by atoms with E-state index >= 15 is 0 Å². The summed E-state index contributed by atoms with van der Waals surface area (Å²) >= 11 is 2.20. The highest BCUT2D eigenvalue weighted by molar-refractivity contribution is 14.1. The third-order valence-corrected chi connectivity index (χ3v) is 2.43. The second-order valence-electron chi connectivity index (χ2n) is 3.05. The fraction of sp³-hybridized carbons (Fsp3) is 0.364. The predicted molar refractivity (Wildman–Crippen MR) is 64.9 cm³/mol. The molecule has 0 aliphatic heterocycles. The van der Waals surface area contributed by atoms with Gasteiger partial charge in [-0.3, -0.25) is 0 Å². The van der Waals surface area contributed by atoms with Gasteiger partial charge in [0.1, 0.15) is 12.4 Å². The van der Waals surface area contributed by atoms with Crippen LogP contribution in [0.3, 0.4) is 0 Å². The lowest BCUT2D eigenvalue weighted by Crippen LogP contribution is -1.97. The molecule has 1 radical (unpaired) electrons. The Morgan fingerprint density at radius 2 is 2.21 bits per heavy atom. The molecule has 1 rings (SSSR count). The molecule has 0 bridgehead atoms. The van der Waals surface area contributed by atoms with Gasteiger partial charge in [-0.15, -0.1) is 0 Å². The number of aliphatic hydroxyl groups excluding tert-OH is 1. The number of hydrogen-bond acceptors (Lipinski definition) is 2. The molecular formula is C11H14IO2. The van der Waals surface area contributed by atoms with Gasteiger partial charge in [0.2, 0.25) is 0 Å². The number of ether oxygens (including phenoxy) is 1. The maximum absolute atomic E-state index is 8.87. The number of halogens is 1. The van der Waals surface area contributed by atoms with Gasteiger partial charge in [0.05, 0.1) is 6.61 Å². The van der Waals surface area contributed by atoms with Crippen LogP contribution in [-0.4, -0.2) is 11.7 Å². The van der Waals surface area contributed by atoms with Crippen LogP contribution in [0, 0.1) is 10.2 Å². The lowest BCUT2D eigenvalue weighted by molar-refractivity contribution is 0.308. The molecule has 0 saturated carbocycles. The molecule has 0 aromatic heterocycles. The van der Waals surface area contributed by atoms with Crippen LogP contribution >= 0.6 is 22.6 Å². The van der Waals surface area contributed by atoms with Gasteiger partial charge in [-0.2, -0.15) is 0 Å².